The van der Waals surface area contributed by atoms with Crippen LogP contribution in [0.2, 0.25) is 0 Å². The topological polar surface area (TPSA) is 16.4 Å². The Morgan fingerprint density at radius 3 is 1.18 bits per heavy atom. The first-order chi connectivity index (χ1) is 27.8. The molecule has 1 heterocycles. The molecule has 11 aromatic carbocycles. The van der Waals surface area contributed by atoms with E-state index in [0.717, 1.165) is 50.1 Å². The van der Waals surface area contributed by atoms with Crippen LogP contribution in [-0.4, -0.2) is 0 Å². The lowest BCUT2D eigenvalue weighted by atomic mass is 9.93. The molecule has 12 aromatic rings. The van der Waals surface area contributed by atoms with E-state index < -0.39 is 0 Å². The summed E-state index contributed by atoms with van der Waals surface area (Å²) in [5, 5.41) is 17.4. The summed E-state index contributed by atoms with van der Waals surface area (Å²) in [5.74, 6) is 0. The van der Waals surface area contributed by atoms with Gasteiger partial charge in [-0.3, -0.25) is 0 Å². The van der Waals surface area contributed by atoms with Crippen LogP contribution in [0.5, 0.6) is 0 Å². The predicted molar refractivity (Wildman–Crippen MR) is 239 cm³/mol. The van der Waals surface area contributed by atoms with Crippen molar-refractivity contribution in [2.75, 3.05) is 4.90 Å². The normalized spacial score (nSPS) is 11.9. The Labute approximate surface area is 323 Å². The van der Waals surface area contributed by atoms with Crippen LogP contribution in [-0.2, 0) is 0 Å². The van der Waals surface area contributed by atoms with E-state index in [4.69, 9.17) is 4.42 Å². The van der Waals surface area contributed by atoms with Gasteiger partial charge in [0.15, 0.2) is 0 Å². The van der Waals surface area contributed by atoms with E-state index in [0.29, 0.717) is 0 Å². The van der Waals surface area contributed by atoms with E-state index in [-0.39, 0.29) is 0 Å². The lowest BCUT2D eigenvalue weighted by molar-refractivity contribution is 0.669. The molecule has 56 heavy (non-hydrogen) atoms. The number of hydrogen-bond donors (Lipinski definition) is 0. The zero-order chi connectivity index (χ0) is 36.7. The molecule has 0 radical (unpaired) electrons. The third kappa shape index (κ3) is 4.57. The Bertz CT molecular complexity index is 3330. The average Bonchev–Trinajstić information content (AvgIpc) is 3.66. The largest absolute Gasteiger partial charge is 0.456 e. The molecule has 260 valence electrons. The van der Waals surface area contributed by atoms with E-state index in [1.54, 1.807) is 0 Å². The molecule has 0 fully saturated rings. The second-order valence-electron chi connectivity index (χ2n) is 14.8. The van der Waals surface area contributed by atoms with Crippen molar-refractivity contribution in [2.45, 2.75) is 0 Å². The molecule has 0 aliphatic heterocycles. The fraction of sp³-hybridized carbons (Fsp3) is 0. The Morgan fingerprint density at radius 2 is 0.661 bits per heavy atom. The third-order valence-corrected chi connectivity index (χ3v) is 11.8. The zero-order valence-electron chi connectivity index (χ0n) is 30.4. The third-order valence-electron chi connectivity index (χ3n) is 11.8. The molecule has 0 amide bonds. The van der Waals surface area contributed by atoms with E-state index in [2.05, 4.69) is 199 Å². The van der Waals surface area contributed by atoms with Gasteiger partial charge in [-0.05, 0) is 124 Å². The molecule has 2 nitrogen and oxygen atoms in total. The highest BCUT2D eigenvalue weighted by Crippen LogP contribution is 2.45. The molecule has 1 aromatic heterocycles. The second-order valence-corrected chi connectivity index (χ2v) is 14.8. The highest BCUT2D eigenvalue weighted by atomic mass is 16.3. The zero-order valence-corrected chi connectivity index (χ0v) is 30.4. The second kappa shape index (κ2) is 12.0. The lowest BCUT2D eigenvalue weighted by Gasteiger charge is -2.27. The number of fused-ring (bicyclic) bond motifs is 15. The van der Waals surface area contributed by atoms with Crippen molar-refractivity contribution in [3.8, 4) is 11.1 Å². The lowest BCUT2D eigenvalue weighted by Crippen LogP contribution is -2.10. The molecule has 0 atom stereocenters. The van der Waals surface area contributed by atoms with Crippen molar-refractivity contribution in [3.05, 3.63) is 200 Å². The van der Waals surface area contributed by atoms with Crippen molar-refractivity contribution < 1.29 is 4.42 Å². The summed E-state index contributed by atoms with van der Waals surface area (Å²) in [4.78, 5) is 2.43. The summed E-state index contributed by atoms with van der Waals surface area (Å²) in [6.07, 6.45) is 0. The first kappa shape index (κ1) is 31.0. The summed E-state index contributed by atoms with van der Waals surface area (Å²) in [6, 6.07) is 72.9. The maximum atomic E-state index is 6.33. The van der Waals surface area contributed by atoms with E-state index in [1.807, 2.05) is 6.07 Å². The molecule has 2 heteroatoms. The van der Waals surface area contributed by atoms with Gasteiger partial charge >= 0.3 is 0 Å². The molecule has 0 spiro atoms. The van der Waals surface area contributed by atoms with Crippen LogP contribution in [0.15, 0.2) is 205 Å². The van der Waals surface area contributed by atoms with Gasteiger partial charge in [0.2, 0.25) is 0 Å². The van der Waals surface area contributed by atoms with Crippen LogP contribution in [0, 0.1) is 0 Å². The van der Waals surface area contributed by atoms with Gasteiger partial charge in [0.1, 0.15) is 11.2 Å². The maximum Gasteiger partial charge on any atom is 0.136 e. The maximum absolute atomic E-state index is 6.33. The van der Waals surface area contributed by atoms with Crippen LogP contribution in [0.3, 0.4) is 0 Å². The van der Waals surface area contributed by atoms with E-state index in [1.165, 1.54) is 64.6 Å². The van der Waals surface area contributed by atoms with Gasteiger partial charge in [-0.15, -0.1) is 0 Å². The van der Waals surface area contributed by atoms with Gasteiger partial charge in [-0.25, -0.2) is 0 Å². The SMILES string of the molecule is c1cc(-c2cccc3oc4ccccc4c23)cc(N(c2ccc3c4ccccc4c4ccccc4c3c2)c2ccc3c4ccccc4c4ccccc4c3c2)c1. The van der Waals surface area contributed by atoms with Crippen LogP contribution in [0.25, 0.3) is 97.7 Å². The summed E-state index contributed by atoms with van der Waals surface area (Å²) < 4.78 is 6.33. The minimum absolute atomic E-state index is 0.897. The summed E-state index contributed by atoms with van der Waals surface area (Å²) in [5.41, 5.74) is 7.38. The predicted octanol–water partition coefficient (Wildman–Crippen LogP) is 15.6. The van der Waals surface area contributed by atoms with Gasteiger partial charge in [0.05, 0.1) is 0 Å². The van der Waals surface area contributed by atoms with Gasteiger partial charge in [-0.2, -0.15) is 0 Å². The number of anilines is 3. The molecule has 0 bridgehead atoms. The molecular formula is C54H33NO. The molecule has 0 saturated heterocycles. The van der Waals surface area contributed by atoms with Crippen molar-refractivity contribution in [3.63, 3.8) is 0 Å². The number of benzene rings is 11. The Kier molecular flexibility index (Phi) is 6.66. The first-order valence-electron chi connectivity index (χ1n) is 19.3. The summed E-state index contributed by atoms with van der Waals surface area (Å²) >= 11 is 0. The Morgan fingerprint density at radius 1 is 0.268 bits per heavy atom. The highest BCUT2D eigenvalue weighted by molar-refractivity contribution is 6.27. The van der Waals surface area contributed by atoms with Crippen LogP contribution < -0.4 is 4.90 Å². The average molecular weight is 712 g/mol. The van der Waals surface area contributed by atoms with Crippen LogP contribution in [0.4, 0.5) is 17.1 Å². The molecule has 0 unspecified atom stereocenters. The number of nitrogens with zero attached hydrogens (tertiary/aromatic N) is 1. The minimum atomic E-state index is 0.897. The monoisotopic (exact) mass is 711 g/mol. The molecule has 0 N–H and O–H groups in total. The smallest absolute Gasteiger partial charge is 0.136 e. The molecule has 12 rings (SSSR count). The molecule has 0 aliphatic carbocycles. The first-order valence-corrected chi connectivity index (χ1v) is 19.3. The Hall–Kier alpha value is -7.42. The quantitative estimate of drug-likeness (QED) is 0.169. The summed E-state index contributed by atoms with van der Waals surface area (Å²) in [7, 11) is 0. The van der Waals surface area contributed by atoms with Crippen LogP contribution >= 0.6 is 0 Å². The van der Waals surface area contributed by atoms with E-state index >= 15 is 0 Å². The molecular weight excluding hydrogens is 679 g/mol. The van der Waals surface area contributed by atoms with Crippen molar-refractivity contribution in [1.82, 2.24) is 0 Å². The van der Waals surface area contributed by atoms with Gasteiger partial charge in [0.25, 0.3) is 0 Å². The van der Waals surface area contributed by atoms with Crippen molar-refractivity contribution in [1.29, 1.82) is 0 Å². The Balaban J connectivity index is 1.14. The van der Waals surface area contributed by atoms with Crippen molar-refractivity contribution in [2.24, 2.45) is 0 Å². The van der Waals surface area contributed by atoms with Crippen molar-refractivity contribution >= 4 is 104 Å². The van der Waals surface area contributed by atoms with E-state index in [9.17, 15) is 0 Å². The van der Waals surface area contributed by atoms with Gasteiger partial charge in [0, 0.05) is 27.8 Å². The number of rotatable bonds is 4. The minimum Gasteiger partial charge on any atom is -0.456 e. The fourth-order valence-electron chi connectivity index (χ4n) is 9.34. The number of para-hydroxylation sites is 1. The number of furan rings is 1. The highest BCUT2D eigenvalue weighted by Gasteiger charge is 2.19. The standard InChI is InChI=1S/C54H33NO/c1-3-19-43-39(15-1)41-17-5-7-21-45(41)50-32-36(27-29-47(43)50)55(37-28-30-48-44-20-4-2-16-40(44)42-18-6-8-22-46(42)51(48)33-37)35-14-11-13-34(31-35)38-24-12-26-53-54(38)49-23-9-10-25-52(49)56-53/h1-33H. The van der Waals surface area contributed by atoms with Gasteiger partial charge < -0.3 is 9.32 Å². The van der Waals surface area contributed by atoms with Crippen LogP contribution in [0.1, 0.15) is 0 Å². The fourth-order valence-corrected chi connectivity index (χ4v) is 9.34. The summed E-state index contributed by atoms with van der Waals surface area (Å²) in [6.45, 7) is 0. The van der Waals surface area contributed by atoms with Gasteiger partial charge in [-0.1, -0.05) is 152 Å². The number of hydrogen-bond acceptors (Lipinski definition) is 2. The molecule has 0 aliphatic rings. The molecule has 0 saturated carbocycles.